The molecule has 2 aromatic heterocycles. The summed E-state index contributed by atoms with van der Waals surface area (Å²) in [5, 5.41) is 8.14. The number of nitrogens with zero attached hydrogens (tertiary/aromatic N) is 3. The smallest absolute Gasteiger partial charge is 0.257 e. The Morgan fingerprint density at radius 1 is 1.00 bits per heavy atom. The Morgan fingerprint density at radius 2 is 1.83 bits per heavy atom. The summed E-state index contributed by atoms with van der Waals surface area (Å²) in [4.78, 5) is 17.2. The fraction of sp³-hybridized carbons (Fsp3) is 0.174. The third-order valence-electron chi connectivity index (χ3n) is 4.92. The van der Waals surface area contributed by atoms with Crippen molar-refractivity contribution in [3.63, 3.8) is 0 Å². The number of carbonyl (C=O) groups excluding carboxylic acids is 1. The number of aromatic nitrogens is 3. The number of fused-ring (bicyclic) bond motifs is 2. The van der Waals surface area contributed by atoms with Crippen LogP contribution in [0.3, 0.4) is 0 Å². The van der Waals surface area contributed by atoms with Crippen molar-refractivity contribution in [1.82, 2.24) is 14.8 Å². The van der Waals surface area contributed by atoms with Crippen LogP contribution in [0.2, 0.25) is 0 Å². The van der Waals surface area contributed by atoms with Gasteiger partial charge in [-0.2, -0.15) is 5.10 Å². The number of pyridine rings is 1. The second-order valence-corrected chi connectivity index (χ2v) is 7.09. The SMILES string of the molecule is O=C(Nc1ccc2c(c1)OCCCO2)c1cnc2c(cnn2Cc2ccccc2)c1. The Morgan fingerprint density at radius 3 is 2.70 bits per heavy atom. The average Bonchev–Trinajstić information content (AvgIpc) is 3.01. The van der Waals surface area contributed by atoms with Gasteiger partial charge in [-0.05, 0) is 23.8 Å². The summed E-state index contributed by atoms with van der Waals surface area (Å²) in [7, 11) is 0. The fourth-order valence-corrected chi connectivity index (χ4v) is 3.41. The van der Waals surface area contributed by atoms with Gasteiger partial charge in [0.15, 0.2) is 17.1 Å². The van der Waals surface area contributed by atoms with Gasteiger partial charge in [0.2, 0.25) is 0 Å². The lowest BCUT2D eigenvalue weighted by molar-refractivity contribution is 0.102. The van der Waals surface area contributed by atoms with Gasteiger partial charge in [0.1, 0.15) is 0 Å². The molecule has 0 saturated carbocycles. The maximum Gasteiger partial charge on any atom is 0.257 e. The summed E-state index contributed by atoms with van der Waals surface area (Å²) < 4.78 is 13.1. The molecule has 0 bridgehead atoms. The molecule has 7 heteroatoms. The molecule has 2 aromatic carbocycles. The number of carbonyl (C=O) groups is 1. The molecule has 0 saturated heterocycles. The topological polar surface area (TPSA) is 78.3 Å². The second kappa shape index (κ2) is 7.87. The molecule has 5 rings (SSSR count). The van der Waals surface area contributed by atoms with E-state index in [0.29, 0.717) is 42.5 Å². The fourth-order valence-electron chi connectivity index (χ4n) is 3.41. The first-order valence-electron chi connectivity index (χ1n) is 9.83. The Labute approximate surface area is 173 Å². The van der Waals surface area contributed by atoms with E-state index in [1.807, 2.05) is 41.1 Å². The van der Waals surface area contributed by atoms with Gasteiger partial charge in [0.25, 0.3) is 5.91 Å². The van der Waals surface area contributed by atoms with Crippen molar-refractivity contribution in [1.29, 1.82) is 0 Å². The van der Waals surface area contributed by atoms with E-state index in [1.54, 1.807) is 30.6 Å². The Hall–Kier alpha value is -3.87. The van der Waals surface area contributed by atoms with Crippen LogP contribution in [0.1, 0.15) is 22.3 Å². The molecular weight excluding hydrogens is 380 g/mol. The van der Waals surface area contributed by atoms with E-state index in [4.69, 9.17) is 9.47 Å². The van der Waals surface area contributed by atoms with Crippen molar-refractivity contribution in [2.75, 3.05) is 18.5 Å². The first kappa shape index (κ1) is 18.2. The van der Waals surface area contributed by atoms with Crippen LogP contribution in [0.5, 0.6) is 11.5 Å². The van der Waals surface area contributed by atoms with Crippen LogP contribution in [-0.4, -0.2) is 33.9 Å². The van der Waals surface area contributed by atoms with E-state index < -0.39 is 0 Å². The van der Waals surface area contributed by atoms with E-state index in [1.165, 1.54) is 0 Å². The molecule has 30 heavy (non-hydrogen) atoms. The van der Waals surface area contributed by atoms with Crippen molar-refractivity contribution >= 4 is 22.6 Å². The lowest BCUT2D eigenvalue weighted by Crippen LogP contribution is -2.12. The van der Waals surface area contributed by atoms with Crippen LogP contribution >= 0.6 is 0 Å². The predicted molar refractivity (Wildman–Crippen MR) is 113 cm³/mol. The minimum Gasteiger partial charge on any atom is -0.490 e. The largest absolute Gasteiger partial charge is 0.490 e. The van der Waals surface area contributed by atoms with E-state index >= 15 is 0 Å². The lowest BCUT2D eigenvalue weighted by atomic mass is 10.2. The minimum absolute atomic E-state index is 0.241. The first-order chi connectivity index (χ1) is 14.8. The van der Waals surface area contributed by atoms with Gasteiger partial charge in [-0.25, -0.2) is 9.67 Å². The van der Waals surface area contributed by atoms with Gasteiger partial charge in [0.05, 0.1) is 31.5 Å². The van der Waals surface area contributed by atoms with Gasteiger partial charge in [-0.3, -0.25) is 4.79 Å². The van der Waals surface area contributed by atoms with Crippen molar-refractivity contribution in [2.45, 2.75) is 13.0 Å². The minimum atomic E-state index is -0.241. The second-order valence-electron chi connectivity index (χ2n) is 7.09. The van der Waals surface area contributed by atoms with Crippen LogP contribution in [0.4, 0.5) is 5.69 Å². The van der Waals surface area contributed by atoms with Gasteiger partial charge in [0, 0.05) is 29.8 Å². The highest BCUT2D eigenvalue weighted by Gasteiger charge is 2.14. The van der Waals surface area contributed by atoms with E-state index in [9.17, 15) is 4.79 Å². The monoisotopic (exact) mass is 400 g/mol. The molecule has 0 spiro atoms. The number of nitrogens with one attached hydrogen (secondary N) is 1. The zero-order chi connectivity index (χ0) is 20.3. The highest BCUT2D eigenvalue weighted by molar-refractivity contribution is 6.05. The lowest BCUT2D eigenvalue weighted by Gasteiger charge is -2.10. The highest BCUT2D eigenvalue weighted by Crippen LogP contribution is 2.32. The Balaban J connectivity index is 1.35. The normalized spacial score (nSPS) is 13.1. The molecule has 1 aliphatic rings. The van der Waals surface area contributed by atoms with Crippen LogP contribution in [0.25, 0.3) is 11.0 Å². The third kappa shape index (κ3) is 3.69. The summed E-state index contributed by atoms with van der Waals surface area (Å²) in [5.41, 5.74) is 2.99. The predicted octanol–water partition coefficient (Wildman–Crippen LogP) is 3.89. The zero-order valence-corrected chi connectivity index (χ0v) is 16.2. The molecule has 3 heterocycles. The molecule has 7 nitrogen and oxygen atoms in total. The van der Waals surface area contributed by atoms with Crippen molar-refractivity contribution in [3.8, 4) is 11.5 Å². The summed E-state index contributed by atoms with van der Waals surface area (Å²) in [6.45, 7) is 1.85. The maximum absolute atomic E-state index is 12.7. The van der Waals surface area contributed by atoms with E-state index in [2.05, 4.69) is 15.4 Å². The highest BCUT2D eigenvalue weighted by atomic mass is 16.5. The molecule has 4 aromatic rings. The zero-order valence-electron chi connectivity index (χ0n) is 16.2. The molecule has 1 aliphatic heterocycles. The molecule has 0 radical (unpaired) electrons. The number of hydrogen-bond donors (Lipinski definition) is 1. The Bertz CT molecular complexity index is 1200. The van der Waals surface area contributed by atoms with E-state index in [-0.39, 0.29) is 5.91 Å². The number of ether oxygens (including phenoxy) is 2. The van der Waals surface area contributed by atoms with Crippen molar-refractivity contribution < 1.29 is 14.3 Å². The van der Waals surface area contributed by atoms with Gasteiger partial charge in [-0.15, -0.1) is 0 Å². The number of anilines is 1. The summed E-state index contributed by atoms with van der Waals surface area (Å²) in [6, 6.07) is 17.3. The quantitative estimate of drug-likeness (QED) is 0.562. The summed E-state index contributed by atoms with van der Waals surface area (Å²) >= 11 is 0. The molecule has 1 amide bonds. The Kier molecular flexibility index (Phi) is 4.77. The number of rotatable bonds is 4. The molecule has 150 valence electrons. The molecular formula is C23H20N4O3. The van der Waals surface area contributed by atoms with Crippen LogP contribution < -0.4 is 14.8 Å². The number of amides is 1. The van der Waals surface area contributed by atoms with Gasteiger partial charge in [-0.1, -0.05) is 30.3 Å². The molecule has 0 atom stereocenters. The van der Waals surface area contributed by atoms with Gasteiger partial charge < -0.3 is 14.8 Å². The van der Waals surface area contributed by atoms with Crippen LogP contribution in [-0.2, 0) is 6.54 Å². The molecule has 0 aliphatic carbocycles. The third-order valence-corrected chi connectivity index (χ3v) is 4.92. The summed E-state index contributed by atoms with van der Waals surface area (Å²) in [5.74, 6) is 1.09. The summed E-state index contributed by atoms with van der Waals surface area (Å²) in [6.07, 6.45) is 4.14. The van der Waals surface area contributed by atoms with E-state index in [0.717, 1.165) is 23.0 Å². The van der Waals surface area contributed by atoms with Crippen molar-refractivity contribution in [3.05, 3.63) is 78.1 Å². The first-order valence-corrected chi connectivity index (χ1v) is 9.83. The number of hydrogen-bond acceptors (Lipinski definition) is 5. The number of benzene rings is 2. The molecule has 0 unspecified atom stereocenters. The molecule has 1 N–H and O–H groups in total. The van der Waals surface area contributed by atoms with Crippen molar-refractivity contribution in [2.24, 2.45) is 0 Å². The average molecular weight is 400 g/mol. The molecule has 0 fully saturated rings. The van der Waals surface area contributed by atoms with Gasteiger partial charge >= 0.3 is 0 Å². The van der Waals surface area contributed by atoms with Crippen LogP contribution in [0, 0.1) is 0 Å². The van der Waals surface area contributed by atoms with Crippen LogP contribution in [0.15, 0.2) is 67.0 Å². The standard InChI is InChI=1S/C23H20N4O3/c28-23(26-19-7-8-20-21(12-19)30-10-4-9-29-20)18-11-17-14-25-27(22(17)24-13-18)15-16-5-2-1-3-6-16/h1-3,5-8,11-14H,4,9-10,15H2,(H,26,28). The maximum atomic E-state index is 12.7.